The predicted octanol–water partition coefficient (Wildman–Crippen LogP) is 5.24. The summed E-state index contributed by atoms with van der Waals surface area (Å²) in [6.45, 7) is -0.206. The zero-order chi connectivity index (χ0) is 16.2. The van der Waals surface area contributed by atoms with Crippen LogP contribution >= 0.6 is 27.5 Å². The number of benzene rings is 3. The molecule has 0 heterocycles. The first-order chi connectivity index (χ1) is 11.1. The van der Waals surface area contributed by atoms with E-state index in [2.05, 4.69) is 15.9 Å². The average Bonchev–Trinajstić information content (AvgIpc) is 2.57. The molecule has 3 rings (SSSR count). The van der Waals surface area contributed by atoms with Gasteiger partial charge in [0, 0.05) is 0 Å². The van der Waals surface area contributed by atoms with E-state index in [9.17, 15) is 4.79 Å². The van der Waals surface area contributed by atoms with Gasteiger partial charge in [0.2, 0.25) is 0 Å². The standard InChI is InChI=1S/C18H12BrClO3/c19-18-13-6-2-1-5-12(13)9-10-16(18)22-11-17(21)23-15-8-4-3-7-14(15)20/h1-10H,11H2. The molecule has 0 unspecified atom stereocenters. The number of ether oxygens (including phenoxy) is 2. The molecule has 0 aliphatic carbocycles. The molecule has 23 heavy (non-hydrogen) atoms. The Balaban J connectivity index is 1.70. The minimum absolute atomic E-state index is 0.206. The lowest BCUT2D eigenvalue weighted by atomic mass is 10.1. The van der Waals surface area contributed by atoms with Crippen LogP contribution in [0.1, 0.15) is 0 Å². The molecule has 0 aliphatic rings. The lowest BCUT2D eigenvalue weighted by molar-refractivity contribution is -0.136. The van der Waals surface area contributed by atoms with E-state index >= 15 is 0 Å². The maximum atomic E-state index is 11.9. The molecule has 3 aromatic carbocycles. The van der Waals surface area contributed by atoms with Gasteiger partial charge >= 0.3 is 5.97 Å². The zero-order valence-corrected chi connectivity index (χ0v) is 14.3. The Morgan fingerprint density at radius 1 is 0.957 bits per heavy atom. The molecular formula is C18H12BrClO3. The van der Waals surface area contributed by atoms with Gasteiger partial charge in [-0.1, -0.05) is 54.1 Å². The quantitative estimate of drug-likeness (QED) is 0.451. The Morgan fingerprint density at radius 2 is 1.70 bits per heavy atom. The van der Waals surface area contributed by atoms with Gasteiger partial charge in [0.05, 0.1) is 9.50 Å². The third-order valence-electron chi connectivity index (χ3n) is 3.23. The fraction of sp³-hybridized carbons (Fsp3) is 0.0556. The number of hydrogen-bond donors (Lipinski definition) is 0. The number of fused-ring (bicyclic) bond motifs is 1. The summed E-state index contributed by atoms with van der Waals surface area (Å²) < 4.78 is 11.5. The van der Waals surface area contributed by atoms with Crippen molar-refractivity contribution in [2.75, 3.05) is 6.61 Å². The van der Waals surface area contributed by atoms with Gasteiger partial charge in [-0.05, 0) is 44.9 Å². The monoisotopic (exact) mass is 390 g/mol. The van der Waals surface area contributed by atoms with E-state index < -0.39 is 5.97 Å². The van der Waals surface area contributed by atoms with E-state index in [0.717, 1.165) is 15.2 Å². The van der Waals surface area contributed by atoms with E-state index in [0.29, 0.717) is 16.5 Å². The molecule has 0 radical (unpaired) electrons. The van der Waals surface area contributed by atoms with Gasteiger partial charge in [-0.15, -0.1) is 0 Å². The first kappa shape index (κ1) is 15.8. The van der Waals surface area contributed by atoms with Crippen LogP contribution in [0.5, 0.6) is 11.5 Å². The van der Waals surface area contributed by atoms with E-state index in [1.165, 1.54) is 0 Å². The fourth-order valence-corrected chi connectivity index (χ4v) is 2.92. The van der Waals surface area contributed by atoms with Gasteiger partial charge in [-0.2, -0.15) is 0 Å². The molecule has 0 saturated carbocycles. The molecule has 116 valence electrons. The van der Waals surface area contributed by atoms with Crippen LogP contribution in [0.25, 0.3) is 10.8 Å². The number of carbonyl (C=O) groups is 1. The van der Waals surface area contributed by atoms with Crippen LogP contribution in [-0.4, -0.2) is 12.6 Å². The van der Waals surface area contributed by atoms with Crippen LogP contribution < -0.4 is 9.47 Å². The highest BCUT2D eigenvalue weighted by Crippen LogP contribution is 2.33. The molecule has 0 aromatic heterocycles. The van der Waals surface area contributed by atoms with Gasteiger partial charge in [0.15, 0.2) is 6.61 Å². The van der Waals surface area contributed by atoms with E-state index in [1.807, 2.05) is 36.4 Å². The van der Waals surface area contributed by atoms with Crippen LogP contribution in [0, 0.1) is 0 Å². The molecule has 0 amide bonds. The molecule has 0 aliphatic heterocycles. The number of carbonyl (C=O) groups excluding carboxylic acids is 1. The van der Waals surface area contributed by atoms with Crippen LogP contribution in [0.4, 0.5) is 0 Å². The van der Waals surface area contributed by atoms with Gasteiger partial charge in [0.1, 0.15) is 11.5 Å². The Labute approximate surface area is 146 Å². The van der Waals surface area contributed by atoms with Crippen LogP contribution in [0.15, 0.2) is 65.1 Å². The minimum atomic E-state index is -0.516. The van der Waals surface area contributed by atoms with Crippen molar-refractivity contribution < 1.29 is 14.3 Å². The highest BCUT2D eigenvalue weighted by molar-refractivity contribution is 9.10. The lowest BCUT2D eigenvalue weighted by Crippen LogP contribution is -2.18. The smallest absolute Gasteiger partial charge is 0.349 e. The second-order valence-electron chi connectivity index (χ2n) is 4.79. The Bertz CT molecular complexity index is 864. The molecule has 0 fully saturated rings. The lowest BCUT2D eigenvalue weighted by Gasteiger charge is -2.10. The zero-order valence-electron chi connectivity index (χ0n) is 12.0. The average molecular weight is 392 g/mol. The molecule has 0 spiro atoms. The summed E-state index contributed by atoms with van der Waals surface area (Å²) in [5.41, 5.74) is 0. The van der Waals surface area contributed by atoms with Gasteiger partial charge in [0.25, 0.3) is 0 Å². The van der Waals surface area contributed by atoms with Crippen LogP contribution in [-0.2, 0) is 4.79 Å². The number of hydrogen-bond acceptors (Lipinski definition) is 3. The molecule has 0 saturated heterocycles. The topological polar surface area (TPSA) is 35.5 Å². The Morgan fingerprint density at radius 3 is 2.52 bits per heavy atom. The third kappa shape index (κ3) is 3.66. The van der Waals surface area contributed by atoms with Crippen molar-refractivity contribution >= 4 is 44.3 Å². The second-order valence-corrected chi connectivity index (χ2v) is 5.99. The molecule has 5 heteroatoms. The maximum Gasteiger partial charge on any atom is 0.349 e. The fourth-order valence-electron chi connectivity index (χ4n) is 2.14. The van der Waals surface area contributed by atoms with Crippen LogP contribution in [0.2, 0.25) is 5.02 Å². The molecule has 0 bridgehead atoms. The molecule has 3 nitrogen and oxygen atoms in total. The van der Waals surface area contributed by atoms with Crippen molar-refractivity contribution in [2.24, 2.45) is 0 Å². The summed E-state index contributed by atoms with van der Waals surface area (Å²) in [6.07, 6.45) is 0. The first-order valence-electron chi connectivity index (χ1n) is 6.90. The van der Waals surface area contributed by atoms with Crippen molar-refractivity contribution in [1.29, 1.82) is 0 Å². The highest BCUT2D eigenvalue weighted by Gasteiger charge is 2.11. The second kappa shape index (κ2) is 7.02. The van der Waals surface area contributed by atoms with Gasteiger partial charge in [-0.25, -0.2) is 4.79 Å². The predicted molar refractivity (Wildman–Crippen MR) is 94.2 cm³/mol. The van der Waals surface area contributed by atoms with Crippen molar-refractivity contribution in [2.45, 2.75) is 0 Å². The summed E-state index contributed by atoms with van der Waals surface area (Å²) in [5, 5.41) is 2.49. The molecule has 0 N–H and O–H groups in total. The van der Waals surface area contributed by atoms with Crippen molar-refractivity contribution in [3.05, 3.63) is 70.2 Å². The minimum Gasteiger partial charge on any atom is -0.481 e. The van der Waals surface area contributed by atoms with Crippen LogP contribution in [0.3, 0.4) is 0 Å². The van der Waals surface area contributed by atoms with Crippen molar-refractivity contribution in [3.63, 3.8) is 0 Å². The molecule has 0 atom stereocenters. The third-order valence-corrected chi connectivity index (χ3v) is 4.36. The number of halogens is 2. The Kier molecular flexibility index (Phi) is 4.84. The summed E-state index contributed by atoms with van der Waals surface area (Å²) >= 11 is 9.46. The van der Waals surface area contributed by atoms with Gasteiger partial charge in [-0.3, -0.25) is 0 Å². The SMILES string of the molecule is O=C(COc1ccc2ccccc2c1Br)Oc1ccccc1Cl. The molecular weight excluding hydrogens is 380 g/mol. The first-order valence-corrected chi connectivity index (χ1v) is 8.07. The number of para-hydroxylation sites is 1. The summed E-state index contributed by atoms with van der Waals surface area (Å²) in [6, 6.07) is 18.5. The molecule has 3 aromatic rings. The Hall–Kier alpha value is -2.04. The largest absolute Gasteiger partial charge is 0.481 e. The number of esters is 1. The summed E-state index contributed by atoms with van der Waals surface area (Å²) in [5.74, 6) is 0.387. The van der Waals surface area contributed by atoms with Gasteiger partial charge < -0.3 is 9.47 Å². The van der Waals surface area contributed by atoms with E-state index in [1.54, 1.807) is 24.3 Å². The maximum absolute atomic E-state index is 11.9. The van der Waals surface area contributed by atoms with E-state index in [4.69, 9.17) is 21.1 Å². The van der Waals surface area contributed by atoms with Crippen molar-refractivity contribution in [1.82, 2.24) is 0 Å². The number of rotatable bonds is 4. The van der Waals surface area contributed by atoms with Crippen molar-refractivity contribution in [3.8, 4) is 11.5 Å². The normalized spacial score (nSPS) is 10.5. The highest BCUT2D eigenvalue weighted by atomic mass is 79.9. The van der Waals surface area contributed by atoms with E-state index in [-0.39, 0.29) is 6.61 Å². The summed E-state index contributed by atoms with van der Waals surface area (Å²) in [7, 11) is 0. The summed E-state index contributed by atoms with van der Waals surface area (Å²) in [4.78, 5) is 11.9.